The first kappa shape index (κ1) is 15.7. The molecule has 6 nitrogen and oxygen atoms in total. The van der Waals surface area contributed by atoms with Crippen LogP contribution in [0.4, 0.5) is 0 Å². The SMILES string of the molecule is CC(=O)S(=O)(=O)C1CNC(C(=O)NCc2ccccc2)C1. The minimum absolute atomic E-state index is 0.128. The van der Waals surface area contributed by atoms with E-state index in [1.165, 1.54) is 0 Å². The van der Waals surface area contributed by atoms with Crippen LogP contribution in [-0.4, -0.2) is 37.3 Å². The summed E-state index contributed by atoms with van der Waals surface area (Å²) in [5, 5.41) is 3.96. The van der Waals surface area contributed by atoms with Gasteiger partial charge in [0.05, 0.1) is 11.3 Å². The second-order valence-corrected chi connectivity index (χ2v) is 7.39. The standard InChI is InChI=1S/C14H18N2O4S/c1-10(17)21(19,20)12-7-13(15-9-12)14(18)16-8-11-5-3-2-4-6-11/h2-6,12-13,15H,7-9H2,1H3,(H,16,18). The van der Waals surface area contributed by atoms with E-state index in [1.807, 2.05) is 30.3 Å². The fraction of sp³-hybridized carbons (Fsp3) is 0.429. The Morgan fingerprint density at radius 3 is 2.57 bits per heavy atom. The molecular formula is C14H18N2O4S. The molecule has 1 aliphatic rings. The summed E-state index contributed by atoms with van der Waals surface area (Å²) in [6.45, 7) is 1.56. The smallest absolute Gasteiger partial charge is 0.243 e. The second kappa shape index (κ2) is 6.36. The van der Waals surface area contributed by atoms with Crippen molar-refractivity contribution < 1.29 is 18.0 Å². The topological polar surface area (TPSA) is 92.3 Å². The summed E-state index contributed by atoms with van der Waals surface area (Å²) < 4.78 is 23.5. The molecule has 0 spiro atoms. The first-order valence-electron chi connectivity index (χ1n) is 6.70. The zero-order valence-electron chi connectivity index (χ0n) is 11.7. The molecule has 1 aromatic carbocycles. The summed E-state index contributed by atoms with van der Waals surface area (Å²) in [6.07, 6.45) is 0.128. The summed E-state index contributed by atoms with van der Waals surface area (Å²) in [6, 6.07) is 8.86. The maximum atomic E-state index is 12.0. The number of sulfone groups is 1. The number of nitrogens with one attached hydrogen (secondary N) is 2. The zero-order chi connectivity index (χ0) is 15.5. The van der Waals surface area contributed by atoms with E-state index in [0.29, 0.717) is 6.54 Å². The summed E-state index contributed by atoms with van der Waals surface area (Å²) in [5.41, 5.74) is 0.969. The van der Waals surface area contributed by atoms with Crippen LogP contribution in [0.5, 0.6) is 0 Å². The third kappa shape index (κ3) is 3.68. The predicted octanol–water partition coefficient (Wildman–Crippen LogP) is -0.00540. The summed E-state index contributed by atoms with van der Waals surface area (Å²) in [4.78, 5) is 23.1. The third-order valence-corrected chi connectivity index (χ3v) is 5.59. The Morgan fingerprint density at radius 2 is 1.95 bits per heavy atom. The Hall–Kier alpha value is -1.73. The van der Waals surface area contributed by atoms with Crippen molar-refractivity contribution in [2.45, 2.75) is 31.2 Å². The third-order valence-electron chi connectivity index (χ3n) is 3.56. The van der Waals surface area contributed by atoms with Gasteiger partial charge in [0, 0.05) is 20.0 Å². The molecule has 1 aliphatic heterocycles. The van der Waals surface area contributed by atoms with Crippen LogP contribution < -0.4 is 10.6 Å². The normalized spacial score (nSPS) is 22.0. The number of benzene rings is 1. The zero-order valence-corrected chi connectivity index (χ0v) is 12.5. The van der Waals surface area contributed by atoms with E-state index in [4.69, 9.17) is 0 Å². The van der Waals surface area contributed by atoms with E-state index in [-0.39, 0.29) is 18.9 Å². The molecule has 1 amide bonds. The maximum absolute atomic E-state index is 12.0. The molecule has 0 radical (unpaired) electrons. The van der Waals surface area contributed by atoms with Gasteiger partial charge in [-0.3, -0.25) is 9.59 Å². The van der Waals surface area contributed by atoms with Crippen LogP contribution in [0, 0.1) is 0 Å². The van der Waals surface area contributed by atoms with Crippen molar-refractivity contribution in [2.75, 3.05) is 6.54 Å². The highest BCUT2D eigenvalue weighted by Gasteiger charge is 2.39. The number of hydrogen-bond acceptors (Lipinski definition) is 5. The van der Waals surface area contributed by atoms with E-state index in [1.54, 1.807) is 0 Å². The van der Waals surface area contributed by atoms with Crippen molar-refractivity contribution in [1.29, 1.82) is 0 Å². The van der Waals surface area contributed by atoms with Crippen molar-refractivity contribution in [3.05, 3.63) is 35.9 Å². The lowest BCUT2D eigenvalue weighted by Crippen LogP contribution is -2.40. The Bertz CT molecular complexity index is 628. The second-order valence-electron chi connectivity index (χ2n) is 5.06. The minimum Gasteiger partial charge on any atom is -0.351 e. The van der Waals surface area contributed by atoms with Gasteiger partial charge in [-0.1, -0.05) is 30.3 Å². The number of hydrogen-bond donors (Lipinski definition) is 2. The average Bonchev–Trinajstić information content (AvgIpc) is 2.96. The summed E-state index contributed by atoms with van der Waals surface area (Å²) in [5.74, 6) is -0.250. The summed E-state index contributed by atoms with van der Waals surface area (Å²) in [7, 11) is -3.79. The number of amides is 1. The van der Waals surface area contributed by atoms with Crippen molar-refractivity contribution in [3.8, 4) is 0 Å². The number of rotatable bonds is 4. The lowest BCUT2D eigenvalue weighted by Gasteiger charge is -2.11. The van der Waals surface area contributed by atoms with Gasteiger partial charge in [-0.15, -0.1) is 0 Å². The van der Waals surface area contributed by atoms with Crippen LogP contribution in [0.25, 0.3) is 0 Å². The van der Waals surface area contributed by atoms with E-state index in [2.05, 4.69) is 10.6 Å². The fourth-order valence-electron chi connectivity index (χ4n) is 2.28. The van der Waals surface area contributed by atoms with E-state index < -0.39 is 26.2 Å². The molecule has 1 aromatic rings. The molecule has 0 bridgehead atoms. The Kier molecular flexibility index (Phi) is 4.74. The molecule has 2 atom stereocenters. The van der Waals surface area contributed by atoms with Crippen molar-refractivity contribution in [1.82, 2.24) is 10.6 Å². The molecule has 2 rings (SSSR count). The van der Waals surface area contributed by atoms with E-state index >= 15 is 0 Å². The lowest BCUT2D eigenvalue weighted by atomic mass is 10.2. The highest BCUT2D eigenvalue weighted by Crippen LogP contribution is 2.16. The monoisotopic (exact) mass is 310 g/mol. The molecular weight excluding hydrogens is 292 g/mol. The highest BCUT2D eigenvalue weighted by molar-refractivity contribution is 8.06. The first-order chi connectivity index (χ1) is 9.91. The van der Waals surface area contributed by atoms with Gasteiger partial charge >= 0.3 is 0 Å². The highest BCUT2D eigenvalue weighted by atomic mass is 32.2. The van der Waals surface area contributed by atoms with Gasteiger partial charge < -0.3 is 10.6 Å². The van der Waals surface area contributed by atoms with Gasteiger partial charge in [-0.25, -0.2) is 8.42 Å². The van der Waals surface area contributed by atoms with Gasteiger partial charge in [-0.2, -0.15) is 0 Å². The molecule has 114 valence electrons. The molecule has 1 saturated heterocycles. The van der Waals surface area contributed by atoms with Crippen LogP contribution in [0.1, 0.15) is 18.9 Å². The Balaban J connectivity index is 1.90. The number of carbonyl (C=O) groups is 2. The quantitative estimate of drug-likeness (QED) is 0.816. The van der Waals surface area contributed by atoms with Crippen LogP contribution >= 0.6 is 0 Å². The molecule has 1 heterocycles. The van der Waals surface area contributed by atoms with Crippen molar-refractivity contribution in [2.24, 2.45) is 0 Å². The van der Waals surface area contributed by atoms with Crippen LogP contribution in [0.15, 0.2) is 30.3 Å². The van der Waals surface area contributed by atoms with Crippen LogP contribution in [-0.2, 0) is 26.0 Å². The van der Waals surface area contributed by atoms with Gasteiger partial charge in [-0.05, 0) is 12.0 Å². The molecule has 1 fully saturated rings. The minimum atomic E-state index is -3.79. The fourth-order valence-corrected chi connectivity index (χ4v) is 3.51. The Labute approximate surface area is 123 Å². The molecule has 7 heteroatoms. The largest absolute Gasteiger partial charge is 0.351 e. The number of carbonyl (C=O) groups excluding carboxylic acids is 2. The van der Waals surface area contributed by atoms with E-state index in [9.17, 15) is 18.0 Å². The molecule has 2 N–H and O–H groups in total. The van der Waals surface area contributed by atoms with Gasteiger partial charge in [0.2, 0.25) is 20.9 Å². The predicted molar refractivity (Wildman–Crippen MR) is 78.1 cm³/mol. The van der Waals surface area contributed by atoms with Gasteiger partial charge in [0.1, 0.15) is 0 Å². The molecule has 0 aromatic heterocycles. The molecule has 0 aliphatic carbocycles. The maximum Gasteiger partial charge on any atom is 0.243 e. The van der Waals surface area contributed by atoms with E-state index in [0.717, 1.165) is 12.5 Å². The van der Waals surface area contributed by atoms with Crippen LogP contribution in [0.3, 0.4) is 0 Å². The first-order valence-corrected chi connectivity index (χ1v) is 8.25. The molecule has 2 unspecified atom stereocenters. The van der Waals surface area contributed by atoms with Gasteiger partial charge in [0.25, 0.3) is 0 Å². The molecule has 21 heavy (non-hydrogen) atoms. The van der Waals surface area contributed by atoms with Crippen molar-refractivity contribution in [3.63, 3.8) is 0 Å². The lowest BCUT2D eigenvalue weighted by molar-refractivity contribution is -0.123. The van der Waals surface area contributed by atoms with Gasteiger partial charge in [0.15, 0.2) is 0 Å². The summed E-state index contributed by atoms with van der Waals surface area (Å²) >= 11 is 0. The average molecular weight is 310 g/mol. The molecule has 0 saturated carbocycles. The Morgan fingerprint density at radius 1 is 1.29 bits per heavy atom. The van der Waals surface area contributed by atoms with Crippen LogP contribution in [0.2, 0.25) is 0 Å². The van der Waals surface area contributed by atoms with Crippen molar-refractivity contribution >= 4 is 20.9 Å².